The van der Waals surface area contributed by atoms with E-state index in [9.17, 15) is 4.79 Å². The number of carbonyl (C=O) groups excluding carboxylic acids is 1. The Morgan fingerprint density at radius 3 is 2.72 bits per heavy atom. The summed E-state index contributed by atoms with van der Waals surface area (Å²) in [5.41, 5.74) is 3.19. The Kier molecular flexibility index (Phi) is 3.98. The minimum absolute atomic E-state index is 0.326. The zero-order chi connectivity index (χ0) is 17.2. The van der Waals surface area contributed by atoms with Gasteiger partial charge in [0.1, 0.15) is 17.0 Å². The maximum Gasteiger partial charge on any atom is 0.414 e. The van der Waals surface area contributed by atoms with Gasteiger partial charge in [-0.15, -0.1) is 0 Å². The van der Waals surface area contributed by atoms with Gasteiger partial charge < -0.3 is 9.15 Å². The number of rotatable bonds is 2. The van der Waals surface area contributed by atoms with Crippen molar-refractivity contribution < 1.29 is 13.9 Å². The topological polar surface area (TPSA) is 55.0 Å². The molecule has 1 amide bonds. The second-order valence-electron chi connectivity index (χ2n) is 5.72. The first-order valence-electron chi connectivity index (χ1n) is 8.35. The lowest BCUT2D eigenvalue weighted by Gasteiger charge is -2.19. The summed E-state index contributed by atoms with van der Waals surface area (Å²) in [6.45, 7) is 3.07. The van der Waals surface area contributed by atoms with Crippen LogP contribution in [0.2, 0.25) is 0 Å². The van der Waals surface area contributed by atoms with E-state index in [0.717, 1.165) is 27.9 Å². The summed E-state index contributed by atoms with van der Waals surface area (Å²) < 4.78 is 11.4. The molecule has 0 atom stereocenters. The Hall–Kier alpha value is -3.08. The molecule has 1 aromatic heterocycles. The van der Waals surface area contributed by atoms with Crippen molar-refractivity contribution in [3.8, 4) is 0 Å². The van der Waals surface area contributed by atoms with Gasteiger partial charge in [0.15, 0.2) is 5.76 Å². The average molecular weight is 334 g/mol. The number of benzene rings is 2. The fraction of sp³-hybridized carbons (Fsp3) is 0.200. The predicted octanol–water partition coefficient (Wildman–Crippen LogP) is 4.25. The molecule has 0 saturated carbocycles. The molecule has 5 nitrogen and oxygen atoms in total. The highest BCUT2D eigenvalue weighted by atomic mass is 16.6. The number of nitrogens with zero attached hydrogens (tertiary/aromatic N) is 2. The zero-order valence-corrected chi connectivity index (χ0v) is 13.9. The second-order valence-corrected chi connectivity index (χ2v) is 5.72. The van der Waals surface area contributed by atoms with Crippen LogP contribution in [0.3, 0.4) is 0 Å². The molecule has 4 rings (SSSR count). The fourth-order valence-corrected chi connectivity index (χ4v) is 3.11. The van der Waals surface area contributed by atoms with E-state index >= 15 is 0 Å². The van der Waals surface area contributed by atoms with Crippen LogP contribution >= 0.6 is 0 Å². The molecule has 0 N–H and O–H groups in total. The summed E-state index contributed by atoms with van der Waals surface area (Å²) in [4.78, 5) is 18.8. The molecule has 0 unspecified atom stereocenters. The number of aliphatic imine (C=N–C) groups is 1. The zero-order valence-electron chi connectivity index (χ0n) is 13.9. The number of para-hydroxylation sites is 1. The van der Waals surface area contributed by atoms with E-state index < -0.39 is 0 Å². The van der Waals surface area contributed by atoms with Crippen LogP contribution in [0.25, 0.3) is 11.0 Å². The van der Waals surface area contributed by atoms with Crippen LogP contribution in [0.5, 0.6) is 0 Å². The molecule has 2 aromatic carbocycles. The lowest BCUT2D eigenvalue weighted by atomic mass is 10.1. The van der Waals surface area contributed by atoms with Gasteiger partial charge in [-0.1, -0.05) is 42.5 Å². The van der Waals surface area contributed by atoms with Crippen LogP contribution in [0, 0.1) is 0 Å². The van der Waals surface area contributed by atoms with Crippen LogP contribution in [-0.4, -0.2) is 31.5 Å². The Morgan fingerprint density at radius 2 is 1.92 bits per heavy atom. The van der Waals surface area contributed by atoms with E-state index in [-0.39, 0.29) is 6.09 Å². The van der Waals surface area contributed by atoms with Crippen molar-refractivity contribution in [3.05, 3.63) is 65.9 Å². The van der Waals surface area contributed by atoms with Crippen molar-refractivity contribution in [3.63, 3.8) is 0 Å². The van der Waals surface area contributed by atoms with Crippen LogP contribution in [-0.2, 0) is 4.74 Å². The minimum Gasteiger partial charge on any atom is -0.452 e. The maximum absolute atomic E-state index is 12.5. The normalized spacial score (nSPS) is 14.0. The first kappa shape index (κ1) is 15.4. The monoisotopic (exact) mass is 334 g/mol. The number of hydrogen-bond acceptors (Lipinski definition) is 4. The standard InChI is InChI=1S/C20H18N2O3/c1-2-24-20(23)22-13-12-21-17(14-8-4-3-5-9-14)19-18(22)15-10-6-7-11-16(15)25-19/h3-11H,2,12-13H2,1H3. The van der Waals surface area contributed by atoms with E-state index in [2.05, 4.69) is 0 Å². The Bertz CT molecular complexity index is 944. The lowest BCUT2D eigenvalue weighted by molar-refractivity contribution is 0.160. The van der Waals surface area contributed by atoms with Crippen molar-refractivity contribution in [2.75, 3.05) is 24.6 Å². The van der Waals surface area contributed by atoms with E-state index in [1.54, 1.807) is 11.8 Å². The highest BCUT2D eigenvalue weighted by Crippen LogP contribution is 2.37. The first-order chi connectivity index (χ1) is 12.3. The van der Waals surface area contributed by atoms with E-state index in [0.29, 0.717) is 25.5 Å². The molecule has 1 aliphatic heterocycles. The lowest BCUT2D eigenvalue weighted by Crippen LogP contribution is -2.33. The highest BCUT2D eigenvalue weighted by molar-refractivity contribution is 6.20. The SMILES string of the molecule is CCOC(=O)N1CCN=C(c2ccccc2)c2oc3ccccc3c21. The molecular weight excluding hydrogens is 316 g/mol. The van der Waals surface area contributed by atoms with Crippen molar-refractivity contribution >= 4 is 28.5 Å². The summed E-state index contributed by atoms with van der Waals surface area (Å²) in [7, 11) is 0. The van der Waals surface area contributed by atoms with Gasteiger partial charge in [0.25, 0.3) is 0 Å². The van der Waals surface area contributed by atoms with Gasteiger partial charge in [0.05, 0.1) is 13.2 Å². The number of amides is 1. The molecule has 1 aliphatic rings. The quantitative estimate of drug-likeness (QED) is 0.704. The molecule has 5 heteroatoms. The van der Waals surface area contributed by atoms with Crippen molar-refractivity contribution in [1.82, 2.24) is 0 Å². The number of ether oxygens (including phenoxy) is 1. The van der Waals surface area contributed by atoms with E-state index in [1.807, 2.05) is 54.6 Å². The molecule has 0 radical (unpaired) electrons. The Morgan fingerprint density at radius 1 is 1.16 bits per heavy atom. The van der Waals surface area contributed by atoms with Crippen LogP contribution in [0.1, 0.15) is 18.2 Å². The van der Waals surface area contributed by atoms with Gasteiger partial charge >= 0.3 is 6.09 Å². The van der Waals surface area contributed by atoms with Gasteiger partial charge in [0.2, 0.25) is 0 Å². The summed E-state index contributed by atoms with van der Waals surface area (Å²) in [5.74, 6) is 0.609. The van der Waals surface area contributed by atoms with Gasteiger partial charge in [-0.2, -0.15) is 0 Å². The molecular formula is C20H18N2O3. The first-order valence-corrected chi connectivity index (χ1v) is 8.35. The molecule has 126 valence electrons. The molecule has 0 saturated heterocycles. The fourth-order valence-electron chi connectivity index (χ4n) is 3.11. The third-order valence-electron chi connectivity index (χ3n) is 4.18. The molecule has 0 bridgehead atoms. The molecule has 0 fully saturated rings. The third-order valence-corrected chi connectivity index (χ3v) is 4.18. The number of furan rings is 1. The largest absolute Gasteiger partial charge is 0.452 e. The third kappa shape index (κ3) is 2.67. The summed E-state index contributed by atoms with van der Waals surface area (Å²) >= 11 is 0. The van der Waals surface area contributed by atoms with Gasteiger partial charge in [-0.05, 0) is 19.1 Å². The summed E-state index contributed by atoms with van der Waals surface area (Å²) in [6.07, 6.45) is -0.375. The Balaban J connectivity index is 1.93. The Labute approximate surface area is 145 Å². The smallest absolute Gasteiger partial charge is 0.414 e. The van der Waals surface area contributed by atoms with Crippen LogP contribution in [0.4, 0.5) is 10.5 Å². The van der Waals surface area contributed by atoms with E-state index in [4.69, 9.17) is 14.1 Å². The number of carbonyl (C=O) groups is 1. The number of hydrogen-bond donors (Lipinski definition) is 0. The molecule has 2 heterocycles. The van der Waals surface area contributed by atoms with Crippen molar-refractivity contribution in [1.29, 1.82) is 0 Å². The minimum atomic E-state index is -0.375. The van der Waals surface area contributed by atoms with Gasteiger partial charge in [0, 0.05) is 17.5 Å². The van der Waals surface area contributed by atoms with Gasteiger partial charge in [-0.3, -0.25) is 9.89 Å². The number of anilines is 1. The van der Waals surface area contributed by atoms with Crippen LogP contribution < -0.4 is 4.90 Å². The molecule has 0 spiro atoms. The summed E-state index contributed by atoms with van der Waals surface area (Å²) in [6, 6.07) is 17.6. The highest BCUT2D eigenvalue weighted by Gasteiger charge is 2.30. The average Bonchev–Trinajstić information content (AvgIpc) is 2.91. The second kappa shape index (κ2) is 6.43. The van der Waals surface area contributed by atoms with Crippen LogP contribution in [0.15, 0.2) is 64.0 Å². The van der Waals surface area contributed by atoms with E-state index in [1.165, 1.54) is 0 Å². The molecule has 25 heavy (non-hydrogen) atoms. The maximum atomic E-state index is 12.5. The molecule has 0 aliphatic carbocycles. The predicted molar refractivity (Wildman–Crippen MR) is 97.5 cm³/mol. The van der Waals surface area contributed by atoms with Gasteiger partial charge in [-0.25, -0.2) is 4.79 Å². The summed E-state index contributed by atoms with van der Waals surface area (Å²) in [5, 5.41) is 0.885. The van der Waals surface area contributed by atoms with Crippen molar-refractivity contribution in [2.45, 2.75) is 6.92 Å². The number of fused-ring (bicyclic) bond motifs is 3. The van der Waals surface area contributed by atoms with Crippen molar-refractivity contribution in [2.24, 2.45) is 4.99 Å². The molecule has 3 aromatic rings.